The second-order valence-corrected chi connectivity index (χ2v) is 5.38. The van der Waals surface area contributed by atoms with Gasteiger partial charge in [0.1, 0.15) is 12.1 Å². The van der Waals surface area contributed by atoms with Crippen LogP contribution in [0.4, 0.5) is 5.69 Å². The van der Waals surface area contributed by atoms with Gasteiger partial charge in [0, 0.05) is 15.0 Å². The standard InChI is InChI=1S/C13H8BrN3S/c14-12-3-4-18-13(12)8-17-11-2-1-9(6-15)10(5-11)7-16/h1-5,17H,8H2. The molecule has 88 valence electrons. The molecule has 0 spiro atoms. The van der Waals surface area contributed by atoms with Crippen molar-refractivity contribution in [3.05, 3.63) is 50.1 Å². The van der Waals surface area contributed by atoms with E-state index in [1.807, 2.05) is 23.6 Å². The van der Waals surface area contributed by atoms with E-state index in [2.05, 4.69) is 21.2 Å². The number of benzene rings is 1. The van der Waals surface area contributed by atoms with E-state index in [1.165, 1.54) is 4.88 Å². The van der Waals surface area contributed by atoms with Crippen LogP contribution in [0.25, 0.3) is 0 Å². The molecule has 5 heteroatoms. The summed E-state index contributed by atoms with van der Waals surface area (Å²) < 4.78 is 1.08. The summed E-state index contributed by atoms with van der Waals surface area (Å²) in [4.78, 5) is 1.19. The molecule has 1 heterocycles. The van der Waals surface area contributed by atoms with Crippen LogP contribution in [0.1, 0.15) is 16.0 Å². The average molecular weight is 318 g/mol. The molecule has 0 saturated heterocycles. The summed E-state index contributed by atoms with van der Waals surface area (Å²) >= 11 is 5.13. The van der Waals surface area contributed by atoms with Crippen molar-refractivity contribution in [3.8, 4) is 12.1 Å². The van der Waals surface area contributed by atoms with Gasteiger partial charge in [-0.05, 0) is 45.6 Å². The van der Waals surface area contributed by atoms with Crippen molar-refractivity contribution in [2.24, 2.45) is 0 Å². The molecule has 1 N–H and O–H groups in total. The second-order valence-electron chi connectivity index (χ2n) is 3.53. The fourth-order valence-corrected chi connectivity index (χ4v) is 2.91. The Balaban J connectivity index is 2.14. The Kier molecular flexibility index (Phi) is 3.99. The maximum Gasteiger partial charge on any atom is 0.101 e. The molecule has 0 saturated carbocycles. The summed E-state index contributed by atoms with van der Waals surface area (Å²) in [7, 11) is 0. The predicted octanol–water partition coefficient (Wildman–Crippen LogP) is 3.87. The predicted molar refractivity (Wildman–Crippen MR) is 75.2 cm³/mol. The maximum absolute atomic E-state index is 8.94. The fourth-order valence-electron chi connectivity index (χ4n) is 1.48. The van der Waals surface area contributed by atoms with Crippen molar-refractivity contribution in [2.75, 3.05) is 5.32 Å². The Morgan fingerprint density at radius 3 is 2.56 bits per heavy atom. The normalized spacial score (nSPS) is 9.50. The molecular weight excluding hydrogens is 310 g/mol. The van der Waals surface area contributed by atoms with E-state index in [0.29, 0.717) is 17.7 Å². The van der Waals surface area contributed by atoms with Gasteiger partial charge in [0.25, 0.3) is 0 Å². The molecule has 3 nitrogen and oxygen atoms in total. The van der Waals surface area contributed by atoms with Crippen LogP contribution in [0.5, 0.6) is 0 Å². The Labute approximate surface area is 117 Å². The summed E-state index contributed by atoms with van der Waals surface area (Å²) in [5, 5.41) is 23.0. The maximum atomic E-state index is 8.94. The molecule has 2 aromatic rings. The van der Waals surface area contributed by atoms with Crippen LogP contribution in [-0.2, 0) is 6.54 Å². The van der Waals surface area contributed by atoms with E-state index in [1.54, 1.807) is 29.5 Å². The van der Waals surface area contributed by atoms with Crippen molar-refractivity contribution in [1.82, 2.24) is 0 Å². The number of rotatable bonds is 3. The highest BCUT2D eigenvalue weighted by Crippen LogP contribution is 2.24. The molecule has 0 aliphatic carbocycles. The van der Waals surface area contributed by atoms with Gasteiger partial charge in [-0.15, -0.1) is 11.3 Å². The molecule has 1 aromatic heterocycles. The summed E-state index contributed by atoms with van der Waals surface area (Å²) in [5.41, 5.74) is 1.64. The van der Waals surface area contributed by atoms with E-state index < -0.39 is 0 Å². The van der Waals surface area contributed by atoms with Crippen LogP contribution in [0.3, 0.4) is 0 Å². The SMILES string of the molecule is N#Cc1ccc(NCc2sccc2Br)cc1C#N. The summed E-state index contributed by atoms with van der Waals surface area (Å²) in [5.74, 6) is 0. The fraction of sp³-hybridized carbons (Fsp3) is 0.0769. The van der Waals surface area contributed by atoms with Crippen molar-refractivity contribution >= 4 is 33.0 Å². The van der Waals surface area contributed by atoms with E-state index in [4.69, 9.17) is 10.5 Å². The van der Waals surface area contributed by atoms with Gasteiger partial charge < -0.3 is 5.32 Å². The topological polar surface area (TPSA) is 59.6 Å². The average Bonchev–Trinajstić information content (AvgIpc) is 2.81. The van der Waals surface area contributed by atoms with Crippen molar-refractivity contribution in [2.45, 2.75) is 6.54 Å². The van der Waals surface area contributed by atoms with Crippen LogP contribution in [-0.4, -0.2) is 0 Å². The third-order valence-corrected chi connectivity index (χ3v) is 4.33. The van der Waals surface area contributed by atoms with Crippen molar-refractivity contribution in [1.29, 1.82) is 10.5 Å². The second kappa shape index (κ2) is 5.68. The molecule has 0 atom stereocenters. The number of hydrogen-bond donors (Lipinski definition) is 1. The van der Waals surface area contributed by atoms with E-state index in [9.17, 15) is 0 Å². The Morgan fingerprint density at radius 1 is 1.17 bits per heavy atom. The van der Waals surface area contributed by atoms with E-state index >= 15 is 0 Å². The van der Waals surface area contributed by atoms with Gasteiger partial charge in [-0.25, -0.2) is 0 Å². The van der Waals surface area contributed by atoms with Crippen molar-refractivity contribution < 1.29 is 0 Å². The molecule has 0 radical (unpaired) electrons. The molecule has 18 heavy (non-hydrogen) atoms. The number of nitrogens with one attached hydrogen (secondary N) is 1. The van der Waals surface area contributed by atoms with Crippen molar-refractivity contribution in [3.63, 3.8) is 0 Å². The number of thiophene rings is 1. The van der Waals surface area contributed by atoms with Crippen LogP contribution < -0.4 is 5.32 Å². The molecular formula is C13H8BrN3S. The van der Waals surface area contributed by atoms with E-state index in [-0.39, 0.29) is 0 Å². The zero-order chi connectivity index (χ0) is 13.0. The first-order chi connectivity index (χ1) is 8.74. The lowest BCUT2D eigenvalue weighted by atomic mass is 10.1. The quantitative estimate of drug-likeness (QED) is 0.934. The molecule has 2 rings (SSSR count). The lowest BCUT2D eigenvalue weighted by Gasteiger charge is -2.06. The van der Waals surface area contributed by atoms with Crippen LogP contribution in [0.15, 0.2) is 34.1 Å². The highest BCUT2D eigenvalue weighted by molar-refractivity contribution is 9.10. The van der Waals surface area contributed by atoms with Gasteiger partial charge in [0.15, 0.2) is 0 Å². The van der Waals surface area contributed by atoms with Gasteiger partial charge in [0.05, 0.1) is 17.7 Å². The third kappa shape index (κ3) is 2.70. The molecule has 0 unspecified atom stereocenters. The Hall–Kier alpha value is -1.82. The lowest BCUT2D eigenvalue weighted by Crippen LogP contribution is -1.98. The first-order valence-electron chi connectivity index (χ1n) is 5.14. The zero-order valence-corrected chi connectivity index (χ0v) is 11.7. The Morgan fingerprint density at radius 2 is 1.94 bits per heavy atom. The highest BCUT2D eigenvalue weighted by atomic mass is 79.9. The molecule has 0 amide bonds. The van der Waals surface area contributed by atoms with Gasteiger partial charge >= 0.3 is 0 Å². The van der Waals surface area contributed by atoms with Crippen LogP contribution in [0, 0.1) is 22.7 Å². The first kappa shape index (κ1) is 12.6. The number of hydrogen-bond acceptors (Lipinski definition) is 4. The number of anilines is 1. The Bertz CT molecular complexity index is 649. The van der Waals surface area contributed by atoms with Gasteiger partial charge in [-0.3, -0.25) is 0 Å². The lowest BCUT2D eigenvalue weighted by molar-refractivity contribution is 1.18. The van der Waals surface area contributed by atoms with Gasteiger partial charge in [0.2, 0.25) is 0 Å². The summed E-state index contributed by atoms with van der Waals surface area (Å²) in [6.45, 7) is 0.690. The monoisotopic (exact) mass is 317 g/mol. The minimum atomic E-state index is 0.396. The molecule has 0 bridgehead atoms. The zero-order valence-electron chi connectivity index (χ0n) is 9.27. The molecule has 0 fully saturated rings. The smallest absolute Gasteiger partial charge is 0.101 e. The minimum Gasteiger partial charge on any atom is -0.380 e. The third-order valence-electron chi connectivity index (χ3n) is 2.40. The highest BCUT2D eigenvalue weighted by Gasteiger charge is 2.04. The van der Waals surface area contributed by atoms with E-state index in [0.717, 1.165) is 10.2 Å². The number of nitrogens with zero attached hydrogens (tertiary/aromatic N) is 2. The molecule has 0 aliphatic rings. The summed E-state index contributed by atoms with van der Waals surface area (Å²) in [6.07, 6.45) is 0. The minimum absolute atomic E-state index is 0.396. The van der Waals surface area contributed by atoms with Gasteiger partial charge in [-0.1, -0.05) is 0 Å². The molecule has 1 aromatic carbocycles. The number of halogens is 1. The first-order valence-corrected chi connectivity index (χ1v) is 6.82. The van der Waals surface area contributed by atoms with Crippen LogP contribution >= 0.6 is 27.3 Å². The van der Waals surface area contributed by atoms with Crippen LogP contribution in [0.2, 0.25) is 0 Å². The largest absolute Gasteiger partial charge is 0.380 e. The van der Waals surface area contributed by atoms with Gasteiger partial charge in [-0.2, -0.15) is 10.5 Å². The molecule has 0 aliphatic heterocycles. The summed E-state index contributed by atoms with van der Waals surface area (Å²) in [6, 6.07) is 11.2. The number of nitriles is 2.